The maximum Gasteiger partial charge on any atom is 0.258 e. The Kier molecular flexibility index (Phi) is 3.15. The molecule has 0 aliphatic carbocycles. The fourth-order valence-electron chi connectivity index (χ4n) is 1.62. The molecule has 7 nitrogen and oxygen atoms in total. The lowest BCUT2D eigenvalue weighted by atomic mass is 10.3. The molecule has 0 aliphatic heterocycles. The highest BCUT2D eigenvalue weighted by Gasteiger charge is 2.10. The number of hydrogen-bond acceptors (Lipinski definition) is 5. The molecule has 7 heteroatoms. The summed E-state index contributed by atoms with van der Waals surface area (Å²) in [7, 11) is 0. The number of anilines is 1. The van der Waals surface area contributed by atoms with E-state index in [0.29, 0.717) is 17.1 Å². The highest BCUT2D eigenvalue weighted by molar-refractivity contribution is 6.03. The smallest absolute Gasteiger partial charge is 0.258 e. The van der Waals surface area contributed by atoms with Crippen molar-refractivity contribution in [1.82, 2.24) is 25.0 Å². The number of rotatable bonds is 3. The Labute approximate surface area is 114 Å². The van der Waals surface area contributed by atoms with E-state index in [9.17, 15) is 4.79 Å². The number of nitrogens with one attached hydrogen (secondary N) is 1. The van der Waals surface area contributed by atoms with Crippen LogP contribution in [0.5, 0.6) is 0 Å². The molecule has 3 rings (SSSR count). The lowest BCUT2D eigenvalue weighted by Gasteiger charge is -2.01. The van der Waals surface area contributed by atoms with Crippen LogP contribution in [0.3, 0.4) is 0 Å². The summed E-state index contributed by atoms with van der Waals surface area (Å²) < 4.78 is 1.54. The van der Waals surface area contributed by atoms with Crippen LogP contribution in [-0.4, -0.2) is 30.9 Å². The highest BCUT2D eigenvalue weighted by atomic mass is 16.1. The Bertz CT molecular complexity index is 710. The highest BCUT2D eigenvalue weighted by Crippen LogP contribution is 2.08. The van der Waals surface area contributed by atoms with Gasteiger partial charge in [0.2, 0.25) is 0 Å². The van der Waals surface area contributed by atoms with E-state index < -0.39 is 0 Å². The molecule has 0 bridgehead atoms. The third kappa shape index (κ3) is 2.51. The van der Waals surface area contributed by atoms with Crippen LogP contribution in [0.15, 0.2) is 55.2 Å². The number of aromatic nitrogens is 5. The van der Waals surface area contributed by atoms with Crippen molar-refractivity contribution in [1.29, 1.82) is 0 Å². The van der Waals surface area contributed by atoms with Crippen molar-refractivity contribution in [2.75, 3.05) is 5.32 Å². The fourth-order valence-corrected chi connectivity index (χ4v) is 1.62. The average Bonchev–Trinajstić information content (AvgIpc) is 2.99. The zero-order valence-corrected chi connectivity index (χ0v) is 10.3. The molecule has 0 saturated carbocycles. The molecule has 0 unspecified atom stereocenters. The number of hydrogen-bond donors (Lipinski definition) is 1. The number of carbonyl (C=O) groups is 1. The molecule has 3 aromatic heterocycles. The molecule has 98 valence electrons. The topological polar surface area (TPSA) is 85.6 Å². The molecule has 0 aliphatic rings. The Morgan fingerprint density at radius 2 is 2.05 bits per heavy atom. The summed E-state index contributed by atoms with van der Waals surface area (Å²) in [4.78, 5) is 16.2. The first kappa shape index (κ1) is 12.0. The van der Waals surface area contributed by atoms with E-state index in [1.807, 2.05) is 18.2 Å². The summed E-state index contributed by atoms with van der Waals surface area (Å²) in [5.41, 5.74) is 1.02. The van der Waals surface area contributed by atoms with E-state index in [2.05, 4.69) is 25.6 Å². The molecule has 0 atom stereocenters. The predicted molar refractivity (Wildman–Crippen MR) is 71.3 cm³/mol. The summed E-state index contributed by atoms with van der Waals surface area (Å²) in [5.74, 6) is 0.386. The minimum Gasteiger partial charge on any atom is -0.320 e. The molecule has 20 heavy (non-hydrogen) atoms. The number of nitrogens with zero attached hydrogens (tertiary/aromatic N) is 5. The zero-order chi connectivity index (χ0) is 13.8. The Hall–Kier alpha value is -3.09. The van der Waals surface area contributed by atoms with Crippen LogP contribution < -0.4 is 5.32 Å². The molecular weight excluding hydrogens is 256 g/mol. The summed E-state index contributed by atoms with van der Waals surface area (Å²) in [5, 5.41) is 14.2. The molecule has 0 radical (unpaired) electrons. The third-order valence-electron chi connectivity index (χ3n) is 2.57. The molecule has 0 fully saturated rings. The van der Waals surface area contributed by atoms with Crippen LogP contribution >= 0.6 is 0 Å². The minimum absolute atomic E-state index is 0.264. The van der Waals surface area contributed by atoms with Gasteiger partial charge in [-0.1, -0.05) is 6.07 Å². The molecular formula is C13H10N6O. The van der Waals surface area contributed by atoms with Crippen LogP contribution in [0.2, 0.25) is 0 Å². The van der Waals surface area contributed by atoms with Crippen molar-refractivity contribution in [3.8, 4) is 5.82 Å². The molecule has 0 saturated heterocycles. The lowest BCUT2D eigenvalue weighted by molar-refractivity contribution is 0.102. The van der Waals surface area contributed by atoms with Gasteiger partial charge >= 0.3 is 0 Å². The van der Waals surface area contributed by atoms with Gasteiger partial charge in [-0.3, -0.25) is 4.79 Å². The predicted octanol–water partition coefficient (Wildman–Crippen LogP) is 1.31. The van der Waals surface area contributed by atoms with Gasteiger partial charge in [-0.2, -0.15) is 15.3 Å². The standard InChI is InChI=1S/C13H10N6O/c20-13(18-11-4-6-15-16-8-11)10-7-17-19(9-10)12-3-1-2-5-14-12/h1-9H,(H,15,18,20). The van der Waals surface area contributed by atoms with Crippen LogP contribution in [0.1, 0.15) is 10.4 Å². The van der Waals surface area contributed by atoms with Gasteiger partial charge in [0.05, 0.1) is 29.8 Å². The van der Waals surface area contributed by atoms with Crippen LogP contribution in [0.4, 0.5) is 5.69 Å². The van der Waals surface area contributed by atoms with E-state index in [0.717, 1.165) is 0 Å². The summed E-state index contributed by atoms with van der Waals surface area (Å²) in [6, 6.07) is 7.14. The van der Waals surface area contributed by atoms with Crippen molar-refractivity contribution in [3.05, 3.63) is 60.8 Å². The van der Waals surface area contributed by atoms with Crippen molar-refractivity contribution in [2.45, 2.75) is 0 Å². The van der Waals surface area contributed by atoms with Crippen molar-refractivity contribution >= 4 is 11.6 Å². The molecule has 0 aromatic carbocycles. The first-order valence-electron chi connectivity index (χ1n) is 5.87. The molecule has 1 N–H and O–H groups in total. The Morgan fingerprint density at radius 3 is 2.80 bits per heavy atom. The largest absolute Gasteiger partial charge is 0.320 e. The number of carbonyl (C=O) groups excluding carboxylic acids is 1. The molecule has 0 spiro atoms. The summed E-state index contributed by atoms with van der Waals surface area (Å²) >= 11 is 0. The van der Waals surface area contributed by atoms with Crippen LogP contribution in [0.25, 0.3) is 5.82 Å². The van der Waals surface area contributed by atoms with Crippen molar-refractivity contribution in [2.24, 2.45) is 0 Å². The van der Waals surface area contributed by atoms with Crippen LogP contribution in [0, 0.1) is 0 Å². The third-order valence-corrected chi connectivity index (χ3v) is 2.57. The van der Waals surface area contributed by atoms with Crippen LogP contribution in [-0.2, 0) is 0 Å². The van der Waals surface area contributed by atoms with E-state index in [1.165, 1.54) is 18.6 Å². The SMILES string of the molecule is O=C(Nc1ccnnc1)c1cnn(-c2ccccn2)c1. The van der Waals surface area contributed by atoms with Gasteiger partial charge in [0.25, 0.3) is 5.91 Å². The lowest BCUT2D eigenvalue weighted by Crippen LogP contribution is -2.11. The maximum atomic E-state index is 12.0. The molecule has 3 aromatic rings. The number of pyridine rings is 1. The number of amides is 1. The zero-order valence-electron chi connectivity index (χ0n) is 10.3. The van der Waals surface area contributed by atoms with E-state index >= 15 is 0 Å². The van der Waals surface area contributed by atoms with E-state index in [-0.39, 0.29) is 5.91 Å². The second kappa shape index (κ2) is 5.27. The normalized spacial score (nSPS) is 10.2. The first-order valence-corrected chi connectivity index (χ1v) is 5.87. The fraction of sp³-hybridized carbons (Fsp3) is 0. The van der Waals surface area contributed by atoms with Gasteiger partial charge in [-0.15, -0.1) is 0 Å². The van der Waals surface area contributed by atoms with E-state index in [4.69, 9.17) is 0 Å². The monoisotopic (exact) mass is 266 g/mol. The summed E-state index contributed by atoms with van der Waals surface area (Å²) in [6.07, 6.45) is 7.75. The average molecular weight is 266 g/mol. The van der Waals surface area contributed by atoms with Gasteiger partial charge in [0, 0.05) is 12.4 Å². The van der Waals surface area contributed by atoms with Gasteiger partial charge in [-0.05, 0) is 18.2 Å². The summed E-state index contributed by atoms with van der Waals surface area (Å²) in [6.45, 7) is 0. The minimum atomic E-state index is -0.264. The van der Waals surface area contributed by atoms with E-state index in [1.54, 1.807) is 23.1 Å². The quantitative estimate of drug-likeness (QED) is 0.772. The molecule has 3 heterocycles. The molecule has 1 amide bonds. The van der Waals surface area contributed by atoms with Crippen molar-refractivity contribution < 1.29 is 4.79 Å². The van der Waals surface area contributed by atoms with Gasteiger partial charge < -0.3 is 5.32 Å². The van der Waals surface area contributed by atoms with Gasteiger partial charge in [0.1, 0.15) is 0 Å². The maximum absolute atomic E-state index is 12.0. The second-order valence-corrected chi connectivity index (χ2v) is 3.95. The second-order valence-electron chi connectivity index (χ2n) is 3.95. The Balaban J connectivity index is 1.79. The first-order chi connectivity index (χ1) is 9.83. The van der Waals surface area contributed by atoms with Gasteiger partial charge in [0.15, 0.2) is 5.82 Å². The Morgan fingerprint density at radius 1 is 1.10 bits per heavy atom. The van der Waals surface area contributed by atoms with Crippen molar-refractivity contribution in [3.63, 3.8) is 0 Å². The van der Waals surface area contributed by atoms with Gasteiger partial charge in [-0.25, -0.2) is 9.67 Å².